The van der Waals surface area contributed by atoms with Crippen molar-refractivity contribution in [3.8, 4) is 5.75 Å². The summed E-state index contributed by atoms with van der Waals surface area (Å²) in [5.74, 6) is -2.14. The van der Waals surface area contributed by atoms with Crippen molar-refractivity contribution in [2.75, 3.05) is 0 Å². The first-order valence-electron chi connectivity index (χ1n) is 6.98. The summed E-state index contributed by atoms with van der Waals surface area (Å²) in [7, 11) is 0. The SMILES string of the molecule is CC(F)(F)c1ccc(COc2cccc3cccnc23)cc1. The molecule has 0 bridgehead atoms. The average Bonchev–Trinajstić information content (AvgIpc) is 2.52. The monoisotopic (exact) mass is 299 g/mol. The van der Waals surface area contributed by atoms with Crippen LogP contribution in [0.4, 0.5) is 8.78 Å². The van der Waals surface area contributed by atoms with Crippen LogP contribution in [0.25, 0.3) is 10.9 Å². The van der Waals surface area contributed by atoms with E-state index in [2.05, 4.69) is 4.98 Å². The summed E-state index contributed by atoms with van der Waals surface area (Å²) in [6, 6.07) is 15.7. The summed E-state index contributed by atoms with van der Waals surface area (Å²) in [5, 5.41) is 1.00. The number of hydrogen-bond acceptors (Lipinski definition) is 2. The van der Waals surface area contributed by atoms with Gasteiger partial charge in [0.1, 0.15) is 17.9 Å². The molecule has 0 aliphatic rings. The van der Waals surface area contributed by atoms with Crippen molar-refractivity contribution in [1.82, 2.24) is 4.98 Å². The Labute approximate surface area is 127 Å². The van der Waals surface area contributed by atoms with Crippen molar-refractivity contribution in [2.24, 2.45) is 0 Å². The first-order valence-corrected chi connectivity index (χ1v) is 6.98. The van der Waals surface area contributed by atoms with Crippen LogP contribution in [0, 0.1) is 0 Å². The van der Waals surface area contributed by atoms with Crippen LogP contribution in [0.5, 0.6) is 5.75 Å². The van der Waals surface area contributed by atoms with Gasteiger partial charge in [0.25, 0.3) is 5.92 Å². The van der Waals surface area contributed by atoms with E-state index in [1.54, 1.807) is 18.3 Å². The number of benzene rings is 2. The fourth-order valence-corrected chi connectivity index (χ4v) is 2.25. The van der Waals surface area contributed by atoms with Gasteiger partial charge in [-0.15, -0.1) is 0 Å². The number of ether oxygens (including phenoxy) is 1. The van der Waals surface area contributed by atoms with E-state index >= 15 is 0 Å². The zero-order valence-corrected chi connectivity index (χ0v) is 12.1. The molecule has 0 saturated carbocycles. The summed E-state index contributed by atoms with van der Waals surface area (Å²) in [4.78, 5) is 4.32. The van der Waals surface area contributed by atoms with Gasteiger partial charge in [0.05, 0.1) is 0 Å². The van der Waals surface area contributed by atoms with Gasteiger partial charge in [-0.1, -0.05) is 42.5 Å². The average molecular weight is 299 g/mol. The molecule has 2 nitrogen and oxygen atoms in total. The third-order valence-electron chi connectivity index (χ3n) is 3.45. The minimum atomic E-state index is -2.82. The Morgan fingerprint density at radius 1 is 1.00 bits per heavy atom. The molecular weight excluding hydrogens is 284 g/mol. The van der Waals surface area contributed by atoms with Crippen LogP contribution in [0.1, 0.15) is 18.1 Å². The molecule has 0 N–H and O–H groups in total. The third-order valence-corrected chi connectivity index (χ3v) is 3.45. The standard InChI is InChI=1S/C18H15F2NO/c1-18(19,20)15-9-7-13(8-10-15)12-22-16-6-2-4-14-5-3-11-21-17(14)16/h2-11H,12H2,1H3. The van der Waals surface area contributed by atoms with Gasteiger partial charge in [0, 0.05) is 24.1 Å². The van der Waals surface area contributed by atoms with Gasteiger partial charge >= 0.3 is 0 Å². The zero-order chi connectivity index (χ0) is 15.6. The van der Waals surface area contributed by atoms with Crippen LogP contribution in [-0.4, -0.2) is 4.98 Å². The molecule has 0 spiro atoms. The number of aromatic nitrogens is 1. The topological polar surface area (TPSA) is 22.1 Å². The first kappa shape index (κ1) is 14.4. The minimum absolute atomic E-state index is 0.00285. The van der Waals surface area contributed by atoms with Gasteiger partial charge in [-0.3, -0.25) is 4.98 Å². The summed E-state index contributed by atoms with van der Waals surface area (Å²) >= 11 is 0. The third kappa shape index (κ3) is 3.06. The van der Waals surface area contributed by atoms with Crippen molar-refractivity contribution in [1.29, 1.82) is 0 Å². The van der Waals surface area contributed by atoms with E-state index in [0.29, 0.717) is 12.4 Å². The van der Waals surface area contributed by atoms with Crippen molar-refractivity contribution >= 4 is 10.9 Å². The van der Waals surface area contributed by atoms with E-state index in [-0.39, 0.29) is 5.56 Å². The Morgan fingerprint density at radius 3 is 2.45 bits per heavy atom. The molecule has 0 aliphatic carbocycles. The van der Waals surface area contributed by atoms with Crippen LogP contribution in [0.15, 0.2) is 60.8 Å². The highest BCUT2D eigenvalue weighted by Gasteiger charge is 2.23. The van der Waals surface area contributed by atoms with Crippen LogP contribution >= 0.6 is 0 Å². The van der Waals surface area contributed by atoms with Crippen molar-refractivity contribution in [3.05, 3.63) is 71.9 Å². The summed E-state index contributed by atoms with van der Waals surface area (Å²) < 4.78 is 32.1. The Kier molecular flexibility index (Phi) is 3.75. The van der Waals surface area contributed by atoms with E-state index in [9.17, 15) is 8.78 Å². The van der Waals surface area contributed by atoms with Gasteiger partial charge in [0.2, 0.25) is 0 Å². The highest BCUT2D eigenvalue weighted by molar-refractivity contribution is 5.84. The molecule has 1 aromatic heterocycles. The van der Waals surface area contributed by atoms with Crippen LogP contribution in [0.3, 0.4) is 0 Å². The summed E-state index contributed by atoms with van der Waals surface area (Å²) in [6.07, 6.45) is 1.72. The minimum Gasteiger partial charge on any atom is -0.487 e. The van der Waals surface area contributed by atoms with Gasteiger partial charge in [-0.25, -0.2) is 8.78 Å². The Morgan fingerprint density at radius 2 is 1.73 bits per heavy atom. The predicted octanol–water partition coefficient (Wildman–Crippen LogP) is 4.93. The zero-order valence-electron chi connectivity index (χ0n) is 12.1. The molecule has 3 aromatic rings. The number of hydrogen-bond donors (Lipinski definition) is 0. The van der Waals surface area contributed by atoms with Crippen LogP contribution in [-0.2, 0) is 12.5 Å². The molecule has 0 unspecified atom stereocenters. The Bertz CT molecular complexity index is 774. The highest BCUT2D eigenvalue weighted by Crippen LogP contribution is 2.27. The van der Waals surface area contributed by atoms with E-state index in [1.165, 1.54) is 12.1 Å². The number of nitrogens with zero attached hydrogens (tertiary/aromatic N) is 1. The molecule has 4 heteroatoms. The number of pyridine rings is 1. The first-order chi connectivity index (χ1) is 10.5. The summed E-state index contributed by atoms with van der Waals surface area (Å²) in [5.41, 5.74) is 1.63. The lowest BCUT2D eigenvalue weighted by Gasteiger charge is -2.12. The number of halogens is 2. The van der Waals surface area contributed by atoms with Gasteiger partial charge in [-0.2, -0.15) is 0 Å². The Balaban J connectivity index is 1.77. The number of alkyl halides is 2. The van der Waals surface area contributed by atoms with Gasteiger partial charge in [-0.05, 0) is 17.7 Å². The maximum atomic E-state index is 13.2. The number of fused-ring (bicyclic) bond motifs is 1. The molecule has 0 fully saturated rings. The lowest BCUT2D eigenvalue weighted by atomic mass is 10.1. The van der Waals surface area contributed by atoms with Crippen molar-refractivity contribution in [3.63, 3.8) is 0 Å². The maximum Gasteiger partial charge on any atom is 0.270 e. The van der Waals surface area contributed by atoms with Crippen molar-refractivity contribution < 1.29 is 13.5 Å². The molecule has 0 atom stereocenters. The smallest absolute Gasteiger partial charge is 0.270 e. The van der Waals surface area contributed by atoms with Crippen LogP contribution < -0.4 is 4.74 Å². The second kappa shape index (κ2) is 5.72. The van der Waals surface area contributed by atoms with Gasteiger partial charge in [0.15, 0.2) is 0 Å². The fourth-order valence-electron chi connectivity index (χ4n) is 2.25. The second-order valence-corrected chi connectivity index (χ2v) is 5.21. The molecule has 2 aromatic carbocycles. The molecule has 3 rings (SSSR count). The number of para-hydroxylation sites is 1. The highest BCUT2D eigenvalue weighted by atomic mass is 19.3. The largest absolute Gasteiger partial charge is 0.487 e. The Hall–Kier alpha value is -2.49. The predicted molar refractivity (Wildman–Crippen MR) is 82.1 cm³/mol. The molecule has 1 heterocycles. The normalized spacial score (nSPS) is 11.6. The van der Waals surface area contributed by atoms with E-state index in [0.717, 1.165) is 23.4 Å². The molecule has 0 aliphatic heterocycles. The van der Waals surface area contributed by atoms with Crippen LogP contribution in [0.2, 0.25) is 0 Å². The lowest BCUT2D eigenvalue weighted by molar-refractivity contribution is 0.0174. The van der Waals surface area contributed by atoms with Crippen molar-refractivity contribution in [2.45, 2.75) is 19.5 Å². The molecule has 0 saturated heterocycles. The fraction of sp³-hybridized carbons (Fsp3) is 0.167. The molecule has 0 radical (unpaired) electrons. The quantitative estimate of drug-likeness (QED) is 0.681. The van der Waals surface area contributed by atoms with E-state index in [1.807, 2.05) is 30.3 Å². The molecule has 0 amide bonds. The maximum absolute atomic E-state index is 13.2. The number of rotatable bonds is 4. The lowest BCUT2D eigenvalue weighted by Crippen LogP contribution is -2.07. The van der Waals surface area contributed by atoms with Gasteiger partial charge < -0.3 is 4.74 Å². The van der Waals surface area contributed by atoms with E-state index < -0.39 is 5.92 Å². The summed E-state index contributed by atoms with van der Waals surface area (Å²) in [6.45, 7) is 1.20. The molecular formula is C18H15F2NO. The second-order valence-electron chi connectivity index (χ2n) is 5.21. The molecule has 22 heavy (non-hydrogen) atoms. The molecule has 112 valence electrons. The van der Waals surface area contributed by atoms with E-state index in [4.69, 9.17) is 4.74 Å².